The molecule has 1 aromatic carbocycles. The summed E-state index contributed by atoms with van der Waals surface area (Å²) in [4.78, 5) is 35.6. The van der Waals surface area contributed by atoms with E-state index in [2.05, 4.69) is 17.6 Å². The minimum Gasteiger partial charge on any atom is -0.497 e. The van der Waals surface area contributed by atoms with Crippen LogP contribution in [-0.2, 0) is 14.3 Å². The van der Waals surface area contributed by atoms with Crippen LogP contribution in [0.15, 0.2) is 24.3 Å². The minimum atomic E-state index is -0.709. The molecule has 2 atom stereocenters. The molecule has 1 aliphatic rings. The van der Waals surface area contributed by atoms with Gasteiger partial charge in [-0.05, 0) is 37.0 Å². The summed E-state index contributed by atoms with van der Waals surface area (Å²) in [6.45, 7) is 1.54. The number of esters is 1. The van der Waals surface area contributed by atoms with Gasteiger partial charge in [-0.2, -0.15) is 0 Å². The molecule has 158 valence electrons. The van der Waals surface area contributed by atoms with E-state index in [1.807, 2.05) is 0 Å². The lowest BCUT2D eigenvalue weighted by Crippen LogP contribution is -2.48. The second-order valence-corrected chi connectivity index (χ2v) is 6.94. The van der Waals surface area contributed by atoms with Crippen LogP contribution in [0.1, 0.15) is 38.2 Å². The molecule has 2 rings (SSSR count). The Balaban J connectivity index is 1.77. The zero-order chi connectivity index (χ0) is 21.2. The highest BCUT2D eigenvalue weighted by Gasteiger charge is 2.23. The third-order valence-electron chi connectivity index (χ3n) is 4.87. The standard InChI is InChI=1S/C21H28N2O6/c1-14-6-4-5-7-17(14)22-21(26)23-19(24)13-29-20(25)11-9-15-8-10-16(27-2)12-18(15)28-3/h8-12,14,17H,4-7,13H2,1-3H3,(H2,22,23,24,26)/b11-9+/t14-,17+/m0/s1. The zero-order valence-corrected chi connectivity index (χ0v) is 17.0. The Morgan fingerprint density at radius 2 is 1.90 bits per heavy atom. The fraction of sp³-hybridized carbons (Fsp3) is 0.476. The molecule has 1 aromatic rings. The van der Waals surface area contributed by atoms with Gasteiger partial charge in [0.1, 0.15) is 11.5 Å². The van der Waals surface area contributed by atoms with Crippen molar-refractivity contribution < 1.29 is 28.6 Å². The van der Waals surface area contributed by atoms with Crippen LogP contribution in [0.4, 0.5) is 4.79 Å². The maximum Gasteiger partial charge on any atom is 0.331 e. The molecular formula is C21H28N2O6. The third kappa shape index (κ3) is 7.14. The highest BCUT2D eigenvalue weighted by molar-refractivity contribution is 5.96. The molecule has 3 amide bonds. The van der Waals surface area contributed by atoms with Gasteiger partial charge in [-0.25, -0.2) is 9.59 Å². The van der Waals surface area contributed by atoms with Crippen molar-refractivity contribution in [3.8, 4) is 11.5 Å². The molecule has 1 saturated carbocycles. The molecule has 0 saturated heterocycles. The van der Waals surface area contributed by atoms with Gasteiger partial charge in [0.15, 0.2) is 6.61 Å². The van der Waals surface area contributed by atoms with Crippen LogP contribution >= 0.6 is 0 Å². The smallest absolute Gasteiger partial charge is 0.331 e. The second-order valence-electron chi connectivity index (χ2n) is 6.94. The molecule has 1 aliphatic carbocycles. The third-order valence-corrected chi connectivity index (χ3v) is 4.87. The molecule has 2 N–H and O–H groups in total. The number of benzene rings is 1. The summed E-state index contributed by atoms with van der Waals surface area (Å²) in [5.41, 5.74) is 0.649. The van der Waals surface area contributed by atoms with Crippen molar-refractivity contribution >= 4 is 24.0 Å². The van der Waals surface area contributed by atoms with E-state index in [4.69, 9.17) is 14.2 Å². The maximum absolute atomic E-state index is 11.9. The van der Waals surface area contributed by atoms with E-state index in [1.54, 1.807) is 25.3 Å². The molecule has 0 unspecified atom stereocenters. The fourth-order valence-electron chi connectivity index (χ4n) is 3.20. The first-order valence-electron chi connectivity index (χ1n) is 9.60. The van der Waals surface area contributed by atoms with Gasteiger partial charge in [-0.15, -0.1) is 0 Å². The van der Waals surface area contributed by atoms with Crippen molar-refractivity contribution in [2.45, 2.75) is 38.6 Å². The van der Waals surface area contributed by atoms with Crippen LogP contribution in [0.25, 0.3) is 6.08 Å². The van der Waals surface area contributed by atoms with Crippen molar-refractivity contribution in [3.63, 3.8) is 0 Å². The fourth-order valence-corrected chi connectivity index (χ4v) is 3.20. The highest BCUT2D eigenvalue weighted by Crippen LogP contribution is 2.25. The van der Waals surface area contributed by atoms with E-state index < -0.39 is 24.5 Å². The van der Waals surface area contributed by atoms with Gasteiger partial charge in [-0.1, -0.05) is 19.8 Å². The number of carbonyl (C=O) groups excluding carboxylic acids is 3. The molecular weight excluding hydrogens is 376 g/mol. The number of hydrogen-bond acceptors (Lipinski definition) is 6. The number of methoxy groups -OCH3 is 2. The van der Waals surface area contributed by atoms with Gasteiger partial charge in [-0.3, -0.25) is 10.1 Å². The topological polar surface area (TPSA) is 103 Å². The van der Waals surface area contributed by atoms with Gasteiger partial charge in [0.25, 0.3) is 5.91 Å². The first-order valence-corrected chi connectivity index (χ1v) is 9.60. The highest BCUT2D eigenvalue weighted by atomic mass is 16.5. The van der Waals surface area contributed by atoms with Crippen LogP contribution in [0.5, 0.6) is 11.5 Å². The molecule has 0 bridgehead atoms. The quantitative estimate of drug-likeness (QED) is 0.535. The lowest BCUT2D eigenvalue weighted by molar-refractivity contribution is -0.143. The van der Waals surface area contributed by atoms with Gasteiger partial charge >= 0.3 is 12.0 Å². The van der Waals surface area contributed by atoms with Gasteiger partial charge in [0, 0.05) is 23.7 Å². The summed E-state index contributed by atoms with van der Waals surface area (Å²) in [7, 11) is 3.05. The summed E-state index contributed by atoms with van der Waals surface area (Å²) >= 11 is 0. The van der Waals surface area contributed by atoms with E-state index in [0.717, 1.165) is 25.7 Å². The van der Waals surface area contributed by atoms with Crippen LogP contribution < -0.4 is 20.1 Å². The molecule has 0 spiro atoms. The summed E-state index contributed by atoms with van der Waals surface area (Å²) in [6.07, 6.45) is 6.87. The lowest BCUT2D eigenvalue weighted by atomic mass is 9.86. The Morgan fingerprint density at radius 3 is 2.59 bits per heavy atom. The van der Waals surface area contributed by atoms with Gasteiger partial charge in [0.2, 0.25) is 0 Å². The van der Waals surface area contributed by atoms with Crippen molar-refractivity contribution in [1.82, 2.24) is 10.6 Å². The van der Waals surface area contributed by atoms with Crippen LogP contribution in [-0.4, -0.2) is 44.8 Å². The number of rotatable bonds is 7. The Kier molecular flexibility index (Phi) is 8.51. The predicted octanol–water partition coefficient (Wildman–Crippen LogP) is 2.66. The number of urea groups is 1. The molecule has 8 nitrogen and oxygen atoms in total. The predicted molar refractivity (Wildman–Crippen MR) is 108 cm³/mol. The first kappa shape index (κ1) is 22.3. The molecule has 0 radical (unpaired) electrons. The van der Waals surface area contributed by atoms with E-state index in [0.29, 0.717) is 23.0 Å². The van der Waals surface area contributed by atoms with Crippen LogP contribution in [0, 0.1) is 5.92 Å². The van der Waals surface area contributed by atoms with E-state index in [-0.39, 0.29) is 6.04 Å². The first-order chi connectivity index (χ1) is 13.9. The number of amides is 3. The number of nitrogens with one attached hydrogen (secondary N) is 2. The van der Waals surface area contributed by atoms with Gasteiger partial charge in [0.05, 0.1) is 14.2 Å². The van der Waals surface area contributed by atoms with Crippen molar-refractivity contribution in [2.75, 3.05) is 20.8 Å². The van der Waals surface area contributed by atoms with Gasteiger partial charge < -0.3 is 19.5 Å². The maximum atomic E-state index is 11.9. The van der Waals surface area contributed by atoms with Crippen LogP contribution in [0.2, 0.25) is 0 Å². The van der Waals surface area contributed by atoms with Crippen LogP contribution in [0.3, 0.4) is 0 Å². The normalized spacial score (nSPS) is 18.7. The minimum absolute atomic E-state index is 0.0570. The van der Waals surface area contributed by atoms with E-state index in [1.165, 1.54) is 19.3 Å². The van der Waals surface area contributed by atoms with Crippen molar-refractivity contribution in [2.24, 2.45) is 5.92 Å². The molecule has 0 aliphatic heterocycles. The molecule has 29 heavy (non-hydrogen) atoms. The Labute approximate surface area is 170 Å². The monoisotopic (exact) mass is 404 g/mol. The Bertz CT molecular complexity index is 762. The number of carbonyl (C=O) groups is 3. The SMILES string of the molecule is COc1ccc(/C=C/C(=O)OCC(=O)NC(=O)N[C@@H]2CCCC[C@@H]2C)c(OC)c1. The molecule has 1 fully saturated rings. The summed E-state index contributed by atoms with van der Waals surface area (Å²) in [5, 5.41) is 4.99. The van der Waals surface area contributed by atoms with E-state index in [9.17, 15) is 14.4 Å². The Hall–Kier alpha value is -3.03. The summed E-state index contributed by atoms with van der Waals surface area (Å²) in [5.74, 6) is 0.135. The largest absolute Gasteiger partial charge is 0.497 e. The molecule has 0 heterocycles. The number of hydrogen-bond donors (Lipinski definition) is 2. The molecule has 8 heteroatoms. The summed E-state index contributed by atoms with van der Waals surface area (Å²) < 4.78 is 15.2. The average molecular weight is 404 g/mol. The van der Waals surface area contributed by atoms with E-state index >= 15 is 0 Å². The second kappa shape index (κ2) is 11.1. The lowest BCUT2D eigenvalue weighted by Gasteiger charge is -2.29. The number of imide groups is 1. The zero-order valence-electron chi connectivity index (χ0n) is 17.0. The number of ether oxygens (including phenoxy) is 3. The Morgan fingerprint density at radius 1 is 1.14 bits per heavy atom. The average Bonchev–Trinajstić information content (AvgIpc) is 2.72. The van der Waals surface area contributed by atoms with Crippen molar-refractivity contribution in [1.29, 1.82) is 0 Å². The summed E-state index contributed by atoms with van der Waals surface area (Å²) in [6, 6.07) is 4.63. The van der Waals surface area contributed by atoms with Crippen molar-refractivity contribution in [3.05, 3.63) is 29.8 Å². The molecule has 0 aromatic heterocycles.